The van der Waals surface area contributed by atoms with Gasteiger partial charge in [-0.1, -0.05) is 0 Å². The third kappa shape index (κ3) is 3.39. The number of hydrogen-bond acceptors (Lipinski definition) is 3. The molecule has 0 saturated carbocycles. The van der Waals surface area contributed by atoms with Gasteiger partial charge in [0, 0.05) is 24.8 Å². The fraction of sp³-hybridized carbons (Fsp3) is 0.917. The smallest absolute Gasteiger partial charge is 0.303 e. The quantitative estimate of drug-likeness (QED) is 0.820. The summed E-state index contributed by atoms with van der Waals surface area (Å²) in [6.45, 7) is 2.33. The van der Waals surface area contributed by atoms with Gasteiger partial charge in [-0.2, -0.15) is 11.8 Å². The van der Waals surface area contributed by atoms with E-state index in [2.05, 4.69) is 16.7 Å². The first-order valence-corrected chi connectivity index (χ1v) is 7.45. The number of hydrogen-bond donors (Lipinski definition) is 1. The number of carboxylic acid groups (broad SMARTS) is 1. The minimum Gasteiger partial charge on any atom is -0.481 e. The van der Waals surface area contributed by atoms with Gasteiger partial charge in [0.05, 0.1) is 0 Å². The third-order valence-electron chi connectivity index (χ3n) is 3.74. The summed E-state index contributed by atoms with van der Waals surface area (Å²) in [6.07, 6.45) is 5.11. The van der Waals surface area contributed by atoms with Crippen molar-refractivity contribution in [1.29, 1.82) is 0 Å². The molecule has 4 heteroatoms. The summed E-state index contributed by atoms with van der Waals surface area (Å²) in [5.74, 6) is 2.59. The molecule has 0 amide bonds. The Morgan fingerprint density at radius 1 is 1.44 bits per heavy atom. The Kier molecular flexibility index (Phi) is 4.53. The van der Waals surface area contributed by atoms with Gasteiger partial charge in [0.25, 0.3) is 0 Å². The van der Waals surface area contributed by atoms with E-state index in [4.69, 9.17) is 5.11 Å². The van der Waals surface area contributed by atoms with Crippen LogP contribution in [0.5, 0.6) is 0 Å². The zero-order chi connectivity index (χ0) is 11.4. The molecule has 92 valence electrons. The Bertz CT molecular complexity index is 241. The van der Waals surface area contributed by atoms with Gasteiger partial charge >= 0.3 is 5.97 Å². The Morgan fingerprint density at radius 3 is 3.00 bits per heavy atom. The first kappa shape index (κ1) is 12.2. The molecule has 2 aliphatic rings. The van der Waals surface area contributed by atoms with Crippen molar-refractivity contribution in [3.05, 3.63) is 0 Å². The summed E-state index contributed by atoms with van der Waals surface area (Å²) < 4.78 is 0. The fourth-order valence-electron chi connectivity index (χ4n) is 2.77. The number of nitrogens with zero attached hydrogens (tertiary/aromatic N) is 1. The zero-order valence-corrected chi connectivity index (χ0v) is 10.5. The third-order valence-corrected chi connectivity index (χ3v) is 4.93. The van der Waals surface area contributed by atoms with Crippen LogP contribution < -0.4 is 0 Å². The van der Waals surface area contributed by atoms with Crippen LogP contribution in [0.4, 0.5) is 0 Å². The van der Waals surface area contributed by atoms with Crippen molar-refractivity contribution in [2.45, 2.75) is 38.1 Å². The number of carboxylic acids is 1. The van der Waals surface area contributed by atoms with E-state index >= 15 is 0 Å². The van der Waals surface area contributed by atoms with Crippen molar-refractivity contribution in [3.63, 3.8) is 0 Å². The second-order valence-corrected chi connectivity index (χ2v) is 6.10. The number of thioether (sulfide) groups is 1. The van der Waals surface area contributed by atoms with Gasteiger partial charge in [0.2, 0.25) is 0 Å². The number of rotatable bonds is 4. The number of carbonyl (C=O) groups is 1. The molecule has 1 N–H and O–H groups in total. The van der Waals surface area contributed by atoms with E-state index in [1.165, 1.54) is 37.3 Å². The summed E-state index contributed by atoms with van der Waals surface area (Å²) in [6, 6.07) is 0.772. The average Bonchev–Trinajstić information content (AvgIpc) is 2.76. The molecule has 0 aliphatic carbocycles. The maximum Gasteiger partial charge on any atom is 0.303 e. The summed E-state index contributed by atoms with van der Waals surface area (Å²) in [5, 5.41) is 8.67. The molecular weight excluding hydrogens is 222 g/mol. The predicted molar refractivity (Wildman–Crippen MR) is 66.9 cm³/mol. The van der Waals surface area contributed by atoms with Crippen LogP contribution in [0.3, 0.4) is 0 Å². The van der Waals surface area contributed by atoms with E-state index in [1.807, 2.05) is 0 Å². The first-order valence-electron chi connectivity index (χ1n) is 6.29. The van der Waals surface area contributed by atoms with Gasteiger partial charge in [-0.15, -0.1) is 0 Å². The van der Waals surface area contributed by atoms with Gasteiger partial charge in [0.1, 0.15) is 0 Å². The Balaban J connectivity index is 1.72. The lowest BCUT2D eigenvalue weighted by atomic mass is 10.0. The molecule has 2 unspecified atom stereocenters. The van der Waals surface area contributed by atoms with Crippen LogP contribution in [-0.2, 0) is 4.79 Å². The van der Waals surface area contributed by atoms with Crippen molar-refractivity contribution in [3.8, 4) is 0 Å². The van der Waals surface area contributed by atoms with Gasteiger partial charge in [0.15, 0.2) is 0 Å². The largest absolute Gasteiger partial charge is 0.481 e. The normalized spacial score (nSPS) is 31.8. The molecule has 0 aromatic heterocycles. The molecule has 2 heterocycles. The van der Waals surface area contributed by atoms with Crippen LogP contribution in [-0.4, -0.2) is 46.6 Å². The highest BCUT2D eigenvalue weighted by Gasteiger charge is 2.29. The van der Waals surface area contributed by atoms with E-state index in [0.717, 1.165) is 19.0 Å². The van der Waals surface area contributed by atoms with Crippen LogP contribution in [0.15, 0.2) is 0 Å². The molecule has 2 rings (SSSR count). The number of likely N-dealkylation sites (tertiary alicyclic amines) is 1. The summed E-state index contributed by atoms with van der Waals surface area (Å²) in [4.78, 5) is 13.1. The monoisotopic (exact) mass is 243 g/mol. The van der Waals surface area contributed by atoms with E-state index in [9.17, 15) is 4.79 Å². The van der Waals surface area contributed by atoms with Crippen LogP contribution in [0.1, 0.15) is 32.1 Å². The highest BCUT2D eigenvalue weighted by molar-refractivity contribution is 7.99. The van der Waals surface area contributed by atoms with Crippen molar-refractivity contribution in [2.75, 3.05) is 24.6 Å². The van der Waals surface area contributed by atoms with Crippen LogP contribution in [0, 0.1) is 5.92 Å². The zero-order valence-electron chi connectivity index (χ0n) is 9.73. The molecule has 2 saturated heterocycles. The SMILES string of the molecule is O=C(O)CCC1CCN(C2CCCSC2)C1. The fourth-order valence-corrected chi connectivity index (χ4v) is 3.96. The van der Waals surface area contributed by atoms with E-state index in [0.29, 0.717) is 12.3 Å². The van der Waals surface area contributed by atoms with Crippen molar-refractivity contribution >= 4 is 17.7 Å². The Morgan fingerprint density at radius 2 is 2.31 bits per heavy atom. The standard InChI is InChI=1S/C12H21NO2S/c14-12(15)4-3-10-5-6-13(8-10)11-2-1-7-16-9-11/h10-11H,1-9H2,(H,14,15). The lowest BCUT2D eigenvalue weighted by molar-refractivity contribution is -0.137. The molecule has 3 nitrogen and oxygen atoms in total. The van der Waals surface area contributed by atoms with E-state index in [1.54, 1.807) is 0 Å². The minimum atomic E-state index is -0.647. The van der Waals surface area contributed by atoms with Gasteiger partial charge < -0.3 is 5.11 Å². The maximum atomic E-state index is 10.5. The highest BCUT2D eigenvalue weighted by atomic mass is 32.2. The second kappa shape index (κ2) is 5.92. The van der Waals surface area contributed by atoms with Gasteiger partial charge in [-0.25, -0.2) is 0 Å². The minimum absolute atomic E-state index is 0.345. The van der Waals surface area contributed by atoms with Crippen molar-refractivity contribution in [2.24, 2.45) is 5.92 Å². The van der Waals surface area contributed by atoms with E-state index in [-0.39, 0.29) is 0 Å². The van der Waals surface area contributed by atoms with Crippen molar-refractivity contribution < 1.29 is 9.90 Å². The van der Waals surface area contributed by atoms with Crippen LogP contribution in [0.2, 0.25) is 0 Å². The maximum absolute atomic E-state index is 10.5. The molecule has 0 aromatic carbocycles. The van der Waals surface area contributed by atoms with Crippen LogP contribution in [0.25, 0.3) is 0 Å². The number of aliphatic carboxylic acids is 1. The first-order chi connectivity index (χ1) is 7.75. The summed E-state index contributed by atoms with van der Waals surface area (Å²) in [7, 11) is 0. The molecule has 0 bridgehead atoms. The average molecular weight is 243 g/mol. The van der Waals surface area contributed by atoms with Crippen molar-refractivity contribution in [1.82, 2.24) is 4.90 Å². The molecular formula is C12H21NO2S. The Labute approximate surface area is 102 Å². The molecule has 16 heavy (non-hydrogen) atoms. The molecule has 0 spiro atoms. The second-order valence-electron chi connectivity index (χ2n) is 4.95. The van der Waals surface area contributed by atoms with Crippen LogP contribution >= 0.6 is 11.8 Å². The predicted octanol–water partition coefficient (Wildman–Crippen LogP) is 2.07. The molecule has 2 fully saturated rings. The van der Waals surface area contributed by atoms with Gasteiger partial charge in [-0.3, -0.25) is 9.69 Å². The topological polar surface area (TPSA) is 40.5 Å². The molecule has 2 atom stereocenters. The Hall–Kier alpha value is -0.220. The lowest BCUT2D eigenvalue weighted by Crippen LogP contribution is -2.37. The van der Waals surface area contributed by atoms with E-state index < -0.39 is 5.97 Å². The molecule has 0 radical (unpaired) electrons. The molecule has 2 aliphatic heterocycles. The highest BCUT2D eigenvalue weighted by Crippen LogP contribution is 2.28. The van der Waals surface area contributed by atoms with Gasteiger partial charge in [-0.05, 0) is 43.9 Å². The summed E-state index contributed by atoms with van der Waals surface area (Å²) >= 11 is 2.07. The lowest BCUT2D eigenvalue weighted by Gasteiger charge is -2.30. The molecule has 0 aromatic rings. The summed E-state index contributed by atoms with van der Waals surface area (Å²) in [5.41, 5.74) is 0.